The number of nitrogens with zero attached hydrogens (tertiary/aromatic N) is 1. The lowest BCUT2D eigenvalue weighted by molar-refractivity contribution is -0.384. The number of amides is 1. The van der Waals surface area contributed by atoms with Crippen LogP contribution >= 0.6 is 0 Å². The smallest absolute Gasteiger partial charge is 0.331 e. The van der Waals surface area contributed by atoms with Gasteiger partial charge in [-0.05, 0) is 36.3 Å². The zero-order valence-corrected chi connectivity index (χ0v) is 15.5. The Morgan fingerprint density at radius 1 is 1.21 bits per heavy atom. The molecular formula is C20H20N2O6. The van der Waals surface area contributed by atoms with Crippen LogP contribution in [0, 0.1) is 10.1 Å². The van der Waals surface area contributed by atoms with Crippen LogP contribution in [-0.2, 0) is 20.9 Å². The monoisotopic (exact) mass is 384 g/mol. The molecule has 0 fully saturated rings. The molecule has 0 spiro atoms. The van der Waals surface area contributed by atoms with Crippen molar-refractivity contribution < 1.29 is 24.0 Å². The van der Waals surface area contributed by atoms with Gasteiger partial charge in [-0.3, -0.25) is 14.9 Å². The zero-order chi connectivity index (χ0) is 20.5. The van der Waals surface area contributed by atoms with Gasteiger partial charge in [0, 0.05) is 24.8 Å². The van der Waals surface area contributed by atoms with E-state index in [9.17, 15) is 19.7 Å². The Labute approximate surface area is 161 Å². The number of carbonyl (C=O) groups is 2. The van der Waals surface area contributed by atoms with E-state index in [1.165, 1.54) is 31.2 Å². The molecule has 0 saturated carbocycles. The molecule has 1 N–H and O–H groups in total. The Kier molecular flexibility index (Phi) is 7.27. The maximum atomic E-state index is 12.1. The predicted octanol–water partition coefficient (Wildman–Crippen LogP) is 2.86. The Morgan fingerprint density at radius 2 is 1.93 bits per heavy atom. The van der Waals surface area contributed by atoms with Crippen LogP contribution in [0.1, 0.15) is 18.1 Å². The van der Waals surface area contributed by atoms with Crippen molar-refractivity contribution in [3.05, 3.63) is 75.8 Å². The van der Waals surface area contributed by atoms with Gasteiger partial charge in [0.2, 0.25) is 0 Å². The number of carbonyl (C=O) groups excluding carboxylic acids is 2. The third-order valence-corrected chi connectivity index (χ3v) is 3.78. The molecule has 2 rings (SSSR count). The Morgan fingerprint density at radius 3 is 2.57 bits per heavy atom. The minimum atomic E-state index is -0.986. The van der Waals surface area contributed by atoms with Gasteiger partial charge >= 0.3 is 5.97 Å². The molecule has 1 amide bonds. The van der Waals surface area contributed by atoms with Gasteiger partial charge in [-0.2, -0.15) is 0 Å². The van der Waals surface area contributed by atoms with Crippen molar-refractivity contribution in [3.8, 4) is 5.75 Å². The average molecular weight is 384 g/mol. The van der Waals surface area contributed by atoms with E-state index >= 15 is 0 Å². The van der Waals surface area contributed by atoms with Crippen molar-refractivity contribution in [1.29, 1.82) is 0 Å². The van der Waals surface area contributed by atoms with Gasteiger partial charge in [-0.25, -0.2) is 4.79 Å². The molecule has 2 aromatic rings. The maximum absolute atomic E-state index is 12.1. The first kappa shape index (κ1) is 20.6. The van der Waals surface area contributed by atoms with E-state index in [-0.39, 0.29) is 12.2 Å². The van der Waals surface area contributed by atoms with E-state index in [2.05, 4.69) is 5.32 Å². The normalized spacial score (nSPS) is 11.6. The first-order valence-corrected chi connectivity index (χ1v) is 8.43. The van der Waals surface area contributed by atoms with E-state index in [1.54, 1.807) is 25.3 Å². The lowest BCUT2D eigenvalue weighted by atomic mass is 10.2. The van der Waals surface area contributed by atoms with Crippen LogP contribution in [0.4, 0.5) is 5.69 Å². The number of rotatable bonds is 8. The summed E-state index contributed by atoms with van der Waals surface area (Å²) in [5.74, 6) is -0.445. The van der Waals surface area contributed by atoms with Crippen molar-refractivity contribution in [2.45, 2.75) is 19.6 Å². The SMILES string of the molecule is COc1ccc(CNC(=O)[C@@H](C)OC(=O)/C=C/c2cccc([N+](=O)[O-])c2)cc1. The summed E-state index contributed by atoms with van der Waals surface area (Å²) in [6, 6.07) is 13.0. The Bertz CT molecular complexity index is 877. The van der Waals surface area contributed by atoms with Gasteiger partial charge in [0.15, 0.2) is 6.10 Å². The first-order valence-electron chi connectivity index (χ1n) is 8.43. The van der Waals surface area contributed by atoms with Crippen LogP contribution in [-0.4, -0.2) is 30.0 Å². The third-order valence-electron chi connectivity index (χ3n) is 3.78. The molecule has 0 aliphatic heterocycles. The first-order chi connectivity index (χ1) is 13.4. The van der Waals surface area contributed by atoms with Gasteiger partial charge in [-0.1, -0.05) is 24.3 Å². The van der Waals surface area contributed by atoms with Crippen molar-refractivity contribution in [3.63, 3.8) is 0 Å². The number of nitro groups is 1. The van der Waals surface area contributed by atoms with Crippen molar-refractivity contribution in [1.82, 2.24) is 5.32 Å². The molecule has 0 radical (unpaired) electrons. The van der Waals surface area contributed by atoms with Crippen molar-refractivity contribution in [2.24, 2.45) is 0 Å². The summed E-state index contributed by atoms with van der Waals surface area (Å²) in [6.07, 6.45) is 1.52. The molecule has 0 saturated heterocycles. The molecule has 146 valence electrons. The number of hydrogen-bond acceptors (Lipinski definition) is 6. The summed E-state index contributed by atoms with van der Waals surface area (Å²) >= 11 is 0. The lowest BCUT2D eigenvalue weighted by Crippen LogP contribution is -2.35. The van der Waals surface area contributed by atoms with Crippen LogP contribution in [0.15, 0.2) is 54.6 Å². The predicted molar refractivity (Wildman–Crippen MR) is 103 cm³/mol. The number of hydrogen-bond donors (Lipinski definition) is 1. The average Bonchev–Trinajstić information content (AvgIpc) is 2.71. The quantitative estimate of drug-likeness (QED) is 0.324. The second kappa shape index (κ2) is 9.86. The van der Waals surface area contributed by atoms with Crippen LogP contribution in [0.2, 0.25) is 0 Å². The lowest BCUT2D eigenvalue weighted by Gasteiger charge is -2.12. The van der Waals surface area contributed by atoms with E-state index < -0.39 is 22.9 Å². The highest BCUT2D eigenvalue weighted by Gasteiger charge is 2.16. The molecule has 8 nitrogen and oxygen atoms in total. The number of non-ortho nitro benzene ring substituents is 1. The highest BCUT2D eigenvalue weighted by Crippen LogP contribution is 2.14. The molecule has 28 heavy (non-hydrogen) atoms. The summed E-state index contributed by atoms with van der Waals surface area (Å²) in [6.45, 7) is 1.75. The molecule has 0 heterocycles. The Hall–Kier alpha value is -3.68. The molecule has 0 aromatic heterocycles. The summed E-state index contributed by atoms with van der Waals surface area (Å²) in [4.78, 5) is 34.1. The van der Waals surface area contributed by atoms with E-state index in [4.69, 9.17) is 9.47 Å². The highest BCUT2D eigenvalue weighted by atomic mass is 16.6. The van der Waals surface area contributed by atoms with E-state index in [0.29, 0.717) is 11.3 Å². The fourth-order valence-electron chi connectivity index (χ4n) is 2.25. The second-order valence-corrected chi connectivity index (χ2v) is 5.83. The number of esters is 1. The number of ether oxygens (including phenoxy) is 2. The van der Waals surface area contributed by atoms with Crippen LogP contribution in [0.25, 0.3) is 6.08 Å². The van der Waals surface area contributed by atoms with Gasteiger partial charge in [0.25, 0.3) is 11.6 Å². The number of methoxy groups -OCH3 is 1. The van der Waals surface area contributed by atoms with Gasteiger partial charge in [0.1, 0.15) is 5.75 Å². The highest BCUT2D eigenvalue weighted by molar-refractivity contribution is 5.90. The van der Waals surface area contributed by atoms with Crippen LogP contribution in [0.5, 0.6) is 5.75 Å². The van der Waals surface area contributed by atoms with Crippen molar-refractivity contribution >= 4 is 23.6 Å². The molecule has 1 atom stereocenters. The summed E-state index contributed by atoms with van der Waals surface area (Å²) in [7, 11) is 1.57. The van der Waals surface area contributed by atoms with Gasteiger partial charge in [0.05, 0.1) is 12.0 Å². The number of benzene rings is 2. The zero-order valence-electron chi connectivity index (χ0n) is 15.5. The fourth-order valence-corrected chi connectivity index (χ4v) is 2.25. The summed E-state index contributed by atoms with van der Waals surface area (Å²) in [5, 5.41) is 13.4. The topological polar surface area (TPSA) is 108 Å². The van der Waals surface area contributed by atoms with E-state index in [1.807, 2.05) is 12.1 Å². The molecule has 0 bridgehead atoms. The minimum absolute atomic E-state index is 0.0817. The largest absolute Gasteiger partial charge is 0.497 e. The maximum Gasteiger partial charge on any atom is 0.331 e. The van der Waals surface area contributed by atoms with E-state index in [0.717, 1.165) is 11.6 Å². The van der Waals surface area contributed by atoms with Gasteiger partial charge in [-0.15, -0.1) is 0 Å². The fraction of sp³-hybridized carbons (Fsp3) is 0.200. The summed E-state index contributed by atoms with van der Waals surface area (Å²) in [5.41, 5.74) is 1.27. The van der Waals surface area contributed by atoms with Crippen molar-refractivity contribution in [2.75, 3.05) is 7.11 Å². The summed E-state index contributed by atoms with van der Waals surface area (Å²) < 4.78 is 10.1. The molecule has 8 heteroatoms. The molecule has 0 unspecified atom stereocenters. The Balaban J connectivity index is 1.84. The second-order valence-electron chi connectivity index (χ2n) is 5.83. The molecule has 0 aliphatic carbocycles. The van der Waals surface area contributed by atoms with Gasteiger partial charge < -0.3 is 14.8 Å². The molecular weight excluding hydrogens is 364 g/mol. The minimum Gasteiger partial charge on any atom is -0.497 e. The standard InChI is InChI=1S/C20H20N2O6/c1-14(20(24)21-13-16-6-9-18(27-2)10-7-16)28-19(23)11-8-15-4-3-5-17(12-15)22(25)26/h3-12,14H,13H2,1-2H3,(H,21,24)/b11-8+/t14-/m1/s1. The molecule has 2 aromatic carbocycles. The van der Waals surface area contributed by atoms with Crippen LogP contribution < -0.4 is 10.1 Å². The van der Waals surface area contributed by atoms with Crippen LogP contribution in [0.3, 0.4) is 0 Å². The molecule has 0 aliphatic rings. The third kappa shape index (κ3) is 6.24. The number of nitrogens with one attached hydrogen (secondary N) is 1. The number of nitro benzene ring substituents is 1.